The van der Waals surface area contributed by atoms with Crippen molar-refractivity contribution < 1.29 is 14.7 Å². The molecular formula is C16H13N5O3S. The van der Waals surface area contributed by atoms with Gasteiger partial charge in [0.2, 0.25) is 11.1 Å². The molecule has 2 aromatic carbocycles. The minimum Gasteiger partial charge on any atom is -0.478 e. The predicted octanol–water partition coefficient (Wildman–Crippen LogP) is 2.09. The molecule has 0 unspecified atom stereocenters. The number of hydrogen-bond donors (Lipinski definition) is 2. The lowest BCUT2D eigenvalue weighted by atomic mass is 10.2. The van der Waals surface area contributed by atoms with Gasteiger partial charge in [-0.25, -0.2) is 4.79 Å². The number of aromatic carboxylic acids is 1. The van der Waals surface area contributed by atoms with Gasteiger partial charge in [-0.3, -0.25) is 4.79 Å². The second kappa shape index (κ2) is 7.58. The number of anilines is 1. The molecule has 1 amide bonds. The highest BCUT2D eigenvalue weighted by Gasteiger charge is 2.11. The molecule has 126 valence electrons. The minimum absolute atomic E-state index is 0.119. The SMILES string of the molecule is O=C(CSc1nnnn1-c1ccccc1)Nc1ccc(C(=O)O)cc1. The fourth-order valence-electron chi connectivity index (χ4n) is 2.02. The molecule has 0 saturated carbocycles. The quantitative estimate of drug-likeness (QED) is 0.651. The molecule has 0 bridgehead atoms. The Hall–Kier alpha value is -3.20. The molecule has 0 spiro atoms. The Labute approximate surface area is 146 Å². The van der Waals surface area contributed by atoms with Crippen LogP contribution in [0.2, 0.25) is 0 Å². The van der Waals surface area contributed by atoms with Gasteiger partial charge in [0.05, 0.1) is 17.0 Å². The molecular weight excluding hydrogens is 342 g/mol. The second-order valence-electron chi connectivity index (χ2n) is 4.93. The van der Waals surface area contributed by atoms with Crippen LogP contribution in [0.4, 0.5) is 5.69 Å². The molecule has 0 aliphatic rings. The normalized spacial score (nSPS) is 10.4. The van der Waals surface area contributed by atoms with E-state index in [4.69, 9.17) is 5.11 Å². The summed E-state index contributed by atoms with van der Waals surface area (Å²) in [5.74, 6) is -1.13. The maximum absolute atomic E-state index is 12.0. The zero-order valence-corrected chi connectivity index (χ0v) is 13.7. The van der Waals surface area contributed by atoms with Crippen molar-refractivity contribution in [2.24, 2.45) is 0 Å². The molecule has 25 heavy (non-hydrogen) atoms. The number of rotatable bonds is 6. The number of tetrazole rings is 1. The molecule has 9 heteroatoms. The number of nitrogens with one attached hydrogen (secondary N) is 1. The molecule has 2 N–H and O–H groups in total. The Morgan fingerprint density at radius 2 is 1.80 bits per heavy atom. The largest absolute Gasteiger partial charge is 0.478 e. The number of aromatic nitrogens is 4. The molecule has 0 atom stereocenters. The first-order valence-corrected chi connectivity index (χ1v) is 8.22. The fraction of sp³-hybridized carbons (Fsp3) is 0.0625. The summed E-state index contributed by atoms with van der Waals surface area (Å²) in [5, 5.41) is 23.5. The van der Waals surface area contributed by atoms with E-state index in [-0.39, 0.29) is 17.2 Å². The van der Waals surface area contributed by atoms with E-state index in [1.807, 2.05) is 30.3 Å². The number of carbonyl (C=O) groups excluding carboxylic acids is 1. The number of para-hydroxylation sites is 1. The lowest BCUT2D eigenvalue weighted by Crippen LogP contribution is -2.14. The number of nitrogens with zero attached hydrogens (tertiary/aromatic N) is 4. The van der Waals surface area contributed by atoms with E-state index in [0.717, 1.165) is 5.69 Å². The van der Waals surface area contributed by atoms with E-state index in [1.54, 1.807) is 16.8 Å². The highest BCUT2D eigenvalue weighted by Crippen LogP contribution is 2.18. The van der Waals surface area contributed by atoms with E-state index in [1.165, 1.54) is 23.9 Å². The summed E-state index contributed by atoms with van der Waals surface area (Å²) in [5.41, 5.74) is 1.49. The number of thioether (sulfide) groups is 1. The third-order valence-electron chi connectivity index (χ3n) is 3.19. The Morgan fingerprint density at radius 1 is 1.08 bits per heavy atom. The summed E-state index contributed by atoms with van der Waals surface area (Å²) in [6, 6.07) is 15.3. The van der Waals surface area contributed by atoms with Gasteiger partial charge in [-0.05, 0) is 46.8 Å². The number of carboxylic acid groups (broad SMARTS) is 1. The molecule has 3 aromatic rings. The Balaban J connectivity index is 1.60. The molecule has 8 nitrogen and oxygen atoms in total. The second-order valence-corrected chi connectivity index (χ2v) is 5.87. The van der Waals surface area contributed by atoms with Crippen LogP contribution < -0.4 is 5.32 Å². The highest BCUT2D eigenvalue weighted by atomic mass is 32.2. The van der Waals surface area contributed by atoms with Gasteiger partial charge in [0.1, 0.15) is 0 Å². The van der Waals surface area contributed by atoms with E-state index in [9.17, 15) is 9.59 Å². The van der Waals surface area contributed by atoms with Crippen LogP contribution in [0.3, 0.4) is 0 Å². The number of benzene rings is 2. The van der Waals surface area contributed by atoms with E-state index < -0.39 is 5.97 Å². The van der Waals surface area contributed by atoms with Gasteiger partial charge >= 0.3 is 5.97 Å². The summed E-state index contributed by atoms with van der Waals surface area (Å²) in [7, 11) is 0. The van der Waals surface area contributed by atoms with Crippen molar-refractivity contribution in [1.82, 2.24) is 20.2 Å². The summed E-state index contributed by atoms with van der Waals surface area (Å²) in [6.07, 6.45) is 0. The number of carbonyl (C=O) groups is 2. The molecule has 0 fully saturated rings. The van der Waals surface area contributed by atoms with Gasteiger partial charge in [0.15, 0.2) is 0 Å². The first kappa shape index (κ1) is 16.7. The fourth-order valence-corrected chi connectivity index (χ4v) is 2.71. The van der Waals surface area contributed by atoms with Gasteiger partial charge < -0.3 is 10.4 Å². The number of hydrogen-bond acceptors (Lipinski definition) is 6. The highest BCUT2D eigenvalue weighted by molar-refractivity contribution is 7.99. The first-order chi connectivity index (χ1) is 12.1. The van der Waals surface area contributed by atoms with E-state index in [0.29, 0.717) is 10.8 Å². The van der Waals surface area contributed by atoms with Crippen molar-refractivity contribution in [3.8, 4) is 5.69 Å². The van der Waals surface area contributed by atoms with Gasteiger partial charge in [-0.1, -0.05) is 30.0 Å². The van der Waals surface area contributed by atoms with Crippen molar-refractivity contribution in [3.05, 3.63) is 60.2 Å². The third kappa shape index (κ3) is 4.21. The average molecular weight is 355 g/mol. The lowest BCUT2D eigenvalue weighted by molar-refractivity contribution is -0.113. The zero-order valence-electron chi connectivity index (χ0n) is 12.9. The van der Waals surface area contributed by atoms with Crippen LogP contribution >= 0.6 is 11.8 Å². The van der Waals surface area contributed by atoms with Crippen molar-refractivity contribution in [1.29, 1.82) is 0 Å². The third-order valence-corrected chi connectivity index (χ3v) is 4.11. The lowest BCUT2D eigenvalue weighted by Gasteiger charge is -2.06. The summed E-state index contributed by atoms with van der Waals surface area (Å²) in [4.78, 5) is 22.9. The van der Waals surface area contributed by atoms with Crippen molar-refractivity contribution in [2.45, 2.75) is 5.16 Å². The van der Waals surface area contributed by atoms with Crippen LogP contribution in [0.15, 0.2) is 59.8 Å². The van der Waals surface area contributed by atoms with Crippen molar-refractivity contribution >= 4 is 29.3 Å². The standard InChI is InChI=1S/C16H13N5O3S/c22-14(17-12-8-6-11(7-9-12)15(23)24)10-25-16-18-19-20-21(16)13-4-2-1-3-5-13/h1-9H,10H2,(H,17,22)(H,23,24). The monoisotopic (exact) mass is 355 g/mol. The topological polar surface area (TPSA) is 110 Å². The molecule has 1 aromatic heterocycles. The maximum atomic E-state index is 12.0. The summed E-state index contributed by atoms with van der Waals surface area (Å²) >= 11 is 1.20. The smallest absolute Gasteiger partial charge is 0.335 e. The molecule has 0 saturated heterocycles. The molecule has 0 aliphatic carbocycles. The van der Waals surface area contributed by atoms with Crippen LogP contribution in [-0.2, 0) is 4.79 Å². The zero-order chi connectivity index (χ0) is 17.6. The Morgan fingerprint density at radius 3 is 2.48 bits per heavy atom. The molecule has 1 heterocycles. The molecule has 0 radical (unpaired) electrons. The van der Waals surface area contributed by atoms with Crippen molar-refractivity contribution in [2.75, 3.05) is 11.1 Å². The van der Waals surface area contributed by atoms with Crippen LogP contribution in [-0.4, -0.2) is 42.9 Å². The first-order valence-electron chi connectivity index (χ1n) is 7.23. The van der Waals surface area contributed by atoms with Crippen LogP contribution in [0.1, 0.15) is 10.4 Å². The Bertz CT molecular complexity index is 880. The number of amides is 1. The van der Waals surface area contributed by atoms with E-state index >= 15 is 0 Å². The van der Waals surface area contributed by atoms with Crippen LogP contribution in [0, 0.1) is 0 Å². The van der Waals surface area contributed by atoms with Crippen LogP contribution in [0.25, 0.3) is 5.69 Å². The van der Waals surface area contributed by atoms with Crippen molar-refractivity contribution in [3.63, 3.8) is 0 Å². The maximum Gasteiger partial charge on any atom is 0.335 e. The number of carboxylic acids is 1. The van der Waals surface area contributed by atoms with Gasteiger partial charge in [0.25, 0.3) is 0 Å². The summed E-state index contributed by atoms with van der Waals surface area (Å²) < 4.78 is 1.56. The summed E-state index contributed by atoms with van der Waals surface area (Å²) in [6.45, 7) is 0. The molecule has 3 rings (SSSR count). The van der Waals surface area contributed by atoms with Gasteiger partial charge in [-0.2, -0.15) is 4.68 Å². The Kier molecular flexibility index (Phi) is 5.05. The average Bonchev–Trinajstić information content (AvgIpc) is 3.10. The van der Waals surface area contributed by atoms with Crippen LogP contribution in [0.5, 0.6) is 0 Å². The minimum atomic E-state index is -1.01. The van der Waals surface area contributed by atoms with Gasteiger partial charge in [0, 0.05) is 5.69 Å². The molecule has 0 aliphatic heterocycles. The predicted molar refractivity (Wildman–Crippen MR) is 91.9 cm³/mol. The van der Waals surface area contributed by atoms with E-state index in [2.05, 4.69) is 20.8 Å². The van der Waals surface area contributed by atoms with Gasteiger partial charge in [-0.15, -0.1) is 5.10 Å².